The molecule has 5 nitrogen and oxygen atoms in total. The van der Waals surface area contributed by atoms with Gasteiger partial charge in [0.15, 0.2) is 0 Å². The third-order valence-corrected chi connectivity index (χ3v) is 4.49. The molecule has 0 spiro atoms. The van der Waals surface area contributed by atoms with Crippen LogP contribution in [-0.2, 0) is 9.47 Å². The Morgan fingerprint density at radius 1 is 1.22 bits per heavy atom. The van der Waals surface area contributed by atoms with Gasteiger partial charge in [0.2, 0.25) is 0 Å². The number of nitrogens with one attached hydrogen (secondary N) is 1. The topological polar surface area (TPSA) is 43.0 Å². The van der Waals surface area contributed by atoms with Crippen molar-refractivity contribution in [1.82, 2.24) is 10.2 Å². The first-order valence-electron chi connectivity index (χ1n) is 8.71. The van der Waals surface area contributed by atoms with E-state index in [2.05, 4.69) is 28.8 Å². The lowest BCUT2D eigenvalue weighted by Crippen LogP contribution is -2.57. The second kappa shape index (κ2) is 11.1. The molecule has 0 bridgehead atoms. The van der Waals surface area contributed by atoms with Gasteiger partial charge in [0.1, 0.15) is 5.75 Å². The Hall–Kier alpha value is -1.06. The third-order valence-electron chi connectivity index (χ3n) is 4.49. The van der Waals surface area contributed by atoms with Gasteiger partial charge in [-0.2, -0.15) is 0 Å². The minimum Gasteiger partial charge on any atom is -0.406 e. The van der Waals surface area contributed by atoms with Crippen LogP contribution in [0.4, 0.5) is 13.2 Å². The fourth-order valence-electron chi connectivity index (χ4n) is 3.11. The van der Waals surface area contributed by atoms with Crippen LogP contribution in [0.25, 0.3) is 0 Å². The summed E-state index contributed by atoms with van der Waals surface area (Å²) in [5, 5.41) is 3.45. The molecule has 9 heteroatoms. The highest BCUT2D eigenvalue weighted by Crippen LogP contribution is 2.28. The van der Waals surface area contributed by atoms with E-state index in [0.29, 0.717) is 25.9 Å². The molecule has 1 N–H and O–H groups in total. The van der Waals surface area contributed by atoms with Gasteiger partial charge in [-0.1, -0.05) is 12.1 Å². The number of rotatable bonds is 8. The molecule has 3 atom stereocenters. The summed E-state index contributed by atoms with van der Waals surface area (Å²) in [6.45, 7) is 7.46. The molecule has 0 saturated carbocycles. The molecule has 1 heterocycles. The summed E-state index contributed by atoms with van der Waals surface area (Å²) in [4.78, 5) is 2.33. The molecule has 27 heavy (non-hydrogen) atoms. The largest absolute Gasteiger partial charge is 0.573 e. The van der Waals surface area contributed by atoms with Gasteiger partial charge in [0.05, 0.1) is 19.8 Å². The van der Waals surface area contributed by atoms with E-state index >= 15 is 0 Å². The predicted molar refractivity (Wildman–Crippen MR) is 99.4 cm³/mol. The van der Waals surface area contributed by atoms with E-state index < -0.39 is 6.36 Å². The maximum atomic E-state index is 12.3. The average molecular weight is 413 g/mol. The molecule has 0 aromatic heterocycles. The van der Waals surface area contributed by atoms with Crippen LogP contribution < -0.4 is 10.1 Å². The highest BCUT2D eigenvalue weighted by molar-refractivity contribution is 5.85. The van der Waals surface area contributed by atoms with E-state index in [9.17, 15) is 13.2 Å². The Labute approximate surface area is 164 Å². The SMILES string of the molecule is COCCOC[C@@H]1CN[C@@H](C)CN1C(C)c1ccc(OC(F)(F)F)cc1.Cl. The molecule has 1 aliphatic heterocycles. The molecule has 0 radical (unpaired) electrons. The first-order valence-corrected chi connectivity index (χ1v) is 8.71. The molecule has 2 rings (SSSR count). The number of nitrogens with zero attached hydrogens (tertiary/aromatic N) is 1. The van der Waals surface area contributed by atoms with E-state index in [1.807, 2.05) is 0 Å². The summed E-state index contributed by atoms with van der Waals surface area (Å²) >= 11 is 0. The van der Waals surface area contributed by atoms with Gasteiger partial charge < -0.3 is 19.5 Å². The van der Waals surface area contributed by atoms with Crippen LogP contribution >= 0.6 is 12.4 Å². The maximum absolute atomic E-state index is 12.3. The third kappa shape index (κ3) is 7.83. The predicted octanol–water partition coefficient (Wildman–Crippen LogP) is 3.39. The van der Waals surface area contributed by atoms with Gasteiger partial charge in [-0.15, -0.1) is 25.6 Å². The van der Waals surface area contributed by atoms with Crippen molar-refractivity contribution in [3.63, 3.8) is 0 Å². The van der Waals surface area contributed by atoms with Crippen molar-refractivity contribution in [1.29, 1.82) is 0 Å². The lowest BCUT2D eigenvalue weighted by atomic mass is 10.0. The first kappa shape index (κ1) is 24.0. The fourth-order valence-corrected chi connectivity index (χ4v) is 3.11. The molecule has 1 unspecified atom stereocenters. The molecule has 1 saturated heterocycles. The monoisotopic (exact) mass is 412 g/mol. The van der Waals surface area contributed by atoms with E-state index in [0.717, 1.165) is 18.7 Å². The highest BCUT2D eigenvalue weighted by Gasteiger charge is 2.32. The van der Waals surface area contributed by atoms with Gasteiger partial charge in [0, 0.05) is 38.3 Å². The second-order valence-electron chi connectivity index (χ2n) is 6.52. The van der Waals surface area contributed by atoms with Crippen molar-refractivity contribution in [3.05, 3.63) is 29.8 Å². The van der Waals surface area contributed by atoms with E-state index in [1.165, 1.54) is 12.1 Å². The van der Waals surface area contributed by atoms with Gasteiger partial charge in [-0.25, -0.2) is 0 Å². The van der Waals surface area contributed by atoms with Crippen LogP contribution in [0.1, 0.15) is 25.5 Å². The Kier molecular flexibility index (Phi) is 9.83. The van der Waals surface area contributed by atoms with Crippen molar-refractivity contribution in [3.8, 4) is 5.75 Å². The Balaban J connectivity index is 0.00000364. The maximum Gasteiger partial charge on any atom is 0.573 e. The molecule has 1 aromatic rings. The van der Waals surface area contributed by atoms with Crippen LogP contribution in [0.15, 0.2) is 24.3 Å². The van der Waals surface area contributed by atoms with Crippen LogP contribution in [0.5, 0.6) is 5.75 Å². The highest BCUT2D eigenvalue weighted by atomic mass is 35.5. The number of halogens is 4. The summed E-state index contributed by atoms with van der Waals surface area (Å²) in [6, 6.07) is 6.65. The summed E-state index contributed by atoms with van der Waals surface area (Å²) in [7, 11) is 1.63. The Bertz CT molecular complexity index is 546. The molecule has 0 amide bonds. The normalized spacial score (nSPS) is 22.1. The van der Waals surface area contributed by atoms with Crippen LogP contribution in [0.2, 0.25) is 0 Å². The standard InChI is InChI=1S/C18H27F3N2O3.ClH/c1-13-11-23(16(10-22-13)12-25-9-8-24-3)14(2)15-4-6-17(7-5-15)26-18(19,20)21;/h4-7,13-14,16,22H,8-12H2,1-3H3;1H/t13-,14?,16-;/m0./s1. The zero-order valence-corrected chi connectivity index (χ0v) is 16.6. The smallest absolute Gasteiger partial charge is 0.406 e. The summed E-state index contributed by atoms with van der Waals surface area (Å²) in [5.41, 5.74) is 0.940. The summed E-state index contributed by atoms with van der Waals surface area (Å²) in [5.74, 6) is -0.207. The number of piperazine rings is 1. The number of methoxy groups -OCH3 is 1. The molecule has 1 aromatic carbocycles. The van der Waals surface area contributed by atoms with Gasteiger partial charge in [0.25, 0.3) is 0 Å². The fraction of sp³-hybridized carbons (Fsp3) is 0.667. The Morgan fingerprint density at radius 2 is 1.89 bits per heavy atom. The summed E-state index contributed by atoms with van der Waals surface area (Å²) in [6.07, 6.45) is -4.67. The van der Waals surface area contributed by atoms with Crippen LogP contribution in [0.3, 0.4) is 0 Å². The number of hydrogen-bond acceptors (Lipinski definition) is 5. The zero-order chi connectivity index (χ0) is 19.2. The van der Waals surface area contributed by atoms with Crippen LogP contribution in [-0.4, -0.2) is 63.4 Å². The van der Waals surface area contributed by atoms with E-state index in [1.54, 1.807) is 19.2 Å². The summed E-state index contributed by atoms with van der Waals surface area (Å²) < 4.78 is 51.5. The van der Waals surface area contributed by atoms with Crippen molar-refractivity contribution in [2.24, 2.45) is 0 Å². The quantitative estimate of drug-likeness (QED) is 0.663. The second-order valence-corrected chi connectivity index (χ2v) is 6.52. The molecular formula is C18H28ClF3N2O3. The number of ether oxygens (including phenoxy) is 3. The lowest BCUT2D eigenvalue weighted by molar-refractivity contribution is -0.274. The van der Waals surface area contributed by atoms with E-state index in [-0.39, 0.29) is 30.2 Å². The number of alkyl halides is 3. The zero-order valence-electron chi connectivity index (χ0n) is 15.8. The van der Waals surface area contributed by atoms with Crippen molar-refractivity contribution in [2.75, 3.05) is 40.0 Å². The molecule has 156 valence electrons. The lowest BCUT2D eigenvalue weighted by Gasteiger charge is -2.43. The first-order chi connectivity index (χ1) is 12.3. The minimum atomic E-state index is -4.67. The van der Waals surface area contributed by atoms with Gasteiger partial charge >= 0.3 is 6.36 Å². The molecular weight excluding hydrogens is 385 g/mol. The number of hydrogen-bond donors (Lipinski definition) is 1. The van der Waals surface area contributed by atoms with Crippen molar-refractivity contribution >= 4 is 12.4 Å². The number of benzene rings is 1. The molecule has 1 aliphatic rings. The minimum absolute atomic E-state index is 0. The van der Waals surface area contributed by atoms with Crippen molar-refractivity contribution < 1.29 is 27.4 Å². The van der Waals surface area contributed by atoms with Crippen molar-refractivity contribution in [2.45, 2.75) is 38.3 Å². The van der Waals surface area contributed by atoms with E-state index in [4.69, 9.17) is 9.47 Å². The molecule has 1 fully saturated rings. The van der Waals surface area contributed by atoms with Gasteiger partial charge in [-0.05, 0) is 31.5 Å². The van der Waals surface area contributed by atoms with Gasteiger partial charge in [-0.3, -0.25) is 4.90 Å². The Morgan fingerprint density at radius 3 is 2.48 bits per heavy atom. The van der Waals surface area contributed by atoms with Crippen LogP contribution in [0, 0.1) is 0 Å². The average Bonchev–Trinajstić information content (AvgIpc) is 2.58. The molecule has 0 aliphatic carbocycles.